The van der Waals surface area contributed by atoms with Gasteiger partial charge in [-0.1, -0.05) is 58.7 Å². The summed E-state index contributed by atoms with van der Waals surface area (Å²) in [6.07, 6.45) is 1.64. The topological polar surface area (TPSA) is 59.2 Å². The van der Waals surface area contributed by atoms with Crippen molar-refractivity contribution in [3.05, 3.63) is 70.0 Å². The van der Waals surface area contributed by atoms with E-state index in [-0.39, 0.29) is 11.9 Å². The highest BCUT2D eigenvalue weighted by Gasteiger charge is 2.35. The van der Waals surface area contributed by atoms with E-state index in [1.807, 2.05) is 30.3 Å². The Morgan fingerprint density at radius 3 is 2.73 bits per heavy atom. The first-order valence-corrected chi connectivity index (χ1v) is 9.04. The molecule has 7 heteroatoms. The van der Waals surface area contributed by atoms with E-state index >= 15 is 0 Å². The van der Waals surface area contributed by atoms with Crippen LogP contribution in [0, 0.1) is 0 Å². The average molecular weight is 388 g/mol. The van der Waals surface area contributed by atoms with Gasteiger partial charge in [-0.2, -0.15) is 4.98 Å². The van der Waals surface area contributed by atoms with Gasteiger partial charge in [0, 0.05) is 17.1 Å². The summed E-state index contributed by atoms with van der Waals surface area (Å²) in [7, 11) is 0. The zero-order valence-electron chi connectivity index (χ0n) is 13.7. The molecule has 0 N–H and O–H groups in total. The fourth-order valence-electron chi connectivity index (χ4n) is 3.16. The first-order chi connectivity index (χ1) is 12.6. The maximum absolute atomic E-state index is 12.9. The number of nitrogens with zero attached hydrogens (tertiary/aromatic N) is 3. The van der Waals surface area contributed by atoms with E-state index in [0.717, 1.165) is 18.4 Å². The Balaban J connectivity index is 1.61. The largest absolute Gasteiger partial charge is 0.337 e. The number of amides is 1. The normalized spacial score (nSPS) is 16.8. The molecule has 0 radical (unpaired) electrons. The third kappa shape index (κ3) is 3.20. The van der Waals surface area contributed by atoms with Gasteiger partial charge in [0.25, 0.3) is 5.91 Å². The van der Waals surface area contributed by atoms with Crippen LogP contribution in [0.4, 0.5) is 0 Å². The van der Waals surface area contributed by atoms with Gasteiger partial charge in [0.15, 0.2) is 0 Å². The van der Waals surface area contributed by atoms with Crippen molar-refractivity contribution in [1.29, 1.82) is 0 Å². The summed E-state index contributed by atoms with van der Waals surface area (Å²) in [5.41, 5.74) is 1.30. The van der Waals surface area contributed by atoms with Crippen LogP contribution in [0.2, 0.25) is 10.0 Å². The predicted octanol–water partition coefficient (Wildman–Crippen LogP) is 5.02. The van der Waals surface area contributed by atoms with Crippen molar-refractivity contribution in [2.75, 3.05) is 6.54 Å². The summed E-state index contributed by atoms with van der Waals surface area (Å²) < 4.78 is 5.46. The third-order valence-corrected chi connectivity index (χ3v) is 4.98. The highest BCUT2D eigenvalue weighted by atomic mass is 35.5. The van der Waals surface area contributed by atoms with Gasteiger partial charge in [-0.25, -0.2) is 0 Å². The van der Waals surface area contributed by atoms with Crippen LogP contribution >= 0.6 is 23.2 Å². The Hall–Kier alpha value is -2.37. The van der Waals surface area contributed by atoms with Crippen LogP contribution in [-0.4, -0.2) is 27.5 Å². The van der Waals surface area contributed by atoms with Crippen molar-refractivity contribution in [3.63, 3.8) is 0 Å². The first kappa shape index (κ1) is 17.1. The smallest absolute Gasteiger partial charge is 0.256 e. The van der Waals surface area contributed by atoms with Gasteiger partial charge in [0.2, 0.25) is 11.7 Å². The molecule has 1 aliphatic heterocycles. The minimum atomic E-state index is -0.251. The molecule has 5 nitrogen and oxygen atoms in total. The molecule has 1 aromatic heterocycles. The van der Waals surface area contributed by atoms with Crippen LogP contribution in [0.25, 0.3) is 11.4 Å². The van der Waals surface area contributed by atoms with Gasteiger partial charge in [-0.15, -0.1) is 0 Å². The maximum Gasteiger partial charge on any atom is 0.256 e. The van der Waals surface area contributed by atoms with Crippen LogP contribution in [-0.2, 0) is 0 Å². The SMILES string of the molecule is O=C(c1ccc(Cl)cc1Cl)N1CCC[C@H]1c1nc(-c2ccccc2)no1. The van der Waals surface area contributed by atoms with Crippen molar-refractivity contribution >= 4 is 29.1 Å². The molecule has 0 saturated carbocycles. The summed E-state index contributed by atoms with van der Waals surface area (Å²) in [6.45, 7) is 0.617. The fourth-order valence-corrected chi connectivity index (χ4v) is 3.65. The van der Waals surface area contributed by atoms with Crippen LogP contribution in [0.15, 0.2) is 53.1 Å². The molecule has 1 aliphatic rings. The lowest BCUT2D eigenvalue weighted by Gasteiger charge is -2.22. The average Bonchev–Trinajstić information content (AvgIpc) is 3.31. The molecule has 0 bridgehead atoms. The van der Waals surface area contributed by atoms with Crippen molar-refractivity contribution in [2.24, 2.45) is 0 Å². The van der Waals surface area contributed by atoms with Crippen molar-refractivity contribution < 1.29 is 9.32 Å². The minimum absolute atomic E-state index is 0.159. The molecule has 1 fully saturated rings. The lowest BCUT2D eigenvalue weighted by Crippen LogP contribution is -2.31. The molecule has 0 spiro atoms. The highest BCUT2D eigenvalue weighted by molar-refractivity contribution is 6.36. The second-order valence-electron chi connectivity index (χ2n) is 6.10. The third-order valence-electron chi connectivity index (χ3n) is 4.43. The number of carbonyl (C=O) groups excluding carboxylic acids is 1. The van der Waals surface area contributed by atoms with Crippen LogP contribution < -0.4 is 0 Å². The number of hydrogen-bond donors (Lipinski definition) is 0. The van der Waals surface area contributed by atoms with Gasteiger partial charge in [-0.3, -0.25) is 4.79 Å². The molecule has 0 unspecified atom stereocenters. The van der Waals surface area contributed by atoms with Crippen molar-refractivity contribution in [2.45, 2.75) is 18.9 Å². The lowest BCUT2D eigenvalue weighted by molar-refractivity contribution is 0.0710. The molecule has 0 aliphatic carbocycles. The fraction of sp³-hybridized carbons (Fsp3) is 0.211. The van der Waals surface area contributed by atoms with Crippen LogP contribution in [0.5, 0.6) is 0 Å². The summed E-state index contributed by atoms with van der Waals surface area (Å²) in [6, 6.07) is 14.2. The van der Waals surface area contributed by atoms with Gasteiger partial charge in [0.05, 0.1) is 10.6 Å². The predicted molar refractivity (Wildman–Crippen MR) is 99.2 cm³/mol. The molecular weight excluding hydrogens is 373 g/mol. The molecule has 2 aromatic carbocycles. The van der Waals surface area contributed by atoms with Gasteiger partial charge >= 0.3 is 0 Å². The molecular formula is C19H15Cl2N3O2. The van der Waals surface area contributed by atoms with E-state index in [9.17, 15) is 4.79 Å². The molecule has 1 saturated heterocycles. The standard InChI is InChI=1S/C19H15Cl2N3O2/c20-13-8-9-14(15(21)11-13)19(25)24-10-4-7-16(24)18-22-17(23-26-18)12-5-2-1-3-6-12/h1-3,5-6,8-9,11,16H,4,7,10H2/t16-/m0/s1. The monoisotopic (exact) mass is 387 g/mol. The molecule has 1 atom stereocenters. The van der Waals surface area contributed by atoms with Crippen molar-refractivity contribution in [1.82, 2.24) is 15.0 Å². The van der Waals surface area contributed by atoms with E-state index in [4.69, 9.17) is 27.7 Å². The van der Waals surface area contributed by atoms with E-state index in [1.54, 1.807) is 23.1 Å². The minimum Gasteiger partial charge on any atom is -0.337 e. The van der Waals surface area contributed by atoms with E-state index in [1.165, 1.54) is 0 Å². The Morgan fingerprint density at radius 2 is 1.96 bits per heavy atom. The number of aromatic nitrogens is 2. The van der Waals surface area contributed by atoms with E-state index in [0.29, 0.717) is 33.9 Å². The zero-order chi connectivity index (χ0) is 18.1. The van der Waals surface area contributed by atoms with E-state index in [2.05, 4.69) is 10.1 Å². The lowest BCUT2D eigenvalue weighted by atomic mass is 10.1. The highest BCUT2D eigenvalue weighted by Crippen LogP contribution is 2.34. The number of rotatable bonds is 3. The van der Waals surface area contributed by atoms with Gasteiger partial charge in [0.1, 0.15) is 6.04 Å². The second-order valence-corrected chi connectivity index (χ2v) is 6.95. The van der Waals surface area contributed by atoms with Gasteiger partial charge in [-0.05, 0) is 31.0 Å². The number of hydrogen-bond acceptors (Lipinski definition) is 4. The molecule has 1 amide bonds. The Kier molecular flexibility index (Phi) is 4.66. The van der Waals surface area contributed by atoms with Crippen LogP contribution in [0.1, 0.15) is 35.1 Å². The Bertz CT molecular complexity index is 943. The number of benzene rings is 2. The van der Waals surface area contributed by atoms with Crippen molar-refractivity contribution in [3.8, 4) is 11.4 Å². The quantitative estimate of drug-likeness (QED) is 0.632. The summed E-state index contributed by atoms with van der Waals surface area (Å²) in [4.78, 5) is 19.2. The number of likely N-dealkylation sites (tertiary alicyclic amines) is 1. The summed E-state index contributed by atoms with van der Waals surface area (Å²) in [5.74, 6) is 0.804. The summed E-state index contributed by atoms with van der Waals surface area (Å²) >= 11 is 12.1. The van der Waals surface area contributed by atoms with Crippen LogP contribution in [0.3, 0.4) is 0 Å². The molecule has 3 aromatic rings. The zero-order valence-corrected chi connectivity index (χ0v) is 15.2. The molecule has 132 valence electrons. The Morgan fingerprint density at radius 1 is 1.15 bits per heavy atom. The Labute approximate surface area is 160 Å². The second kappa shape index (κ2) is 7.09. The van der Waals surface area contributed by atoms with E-state index < -0.39 is 0 Å². The molecule has 26 heavy (non-hydrogen) atoms. The number of halogens is 2. The molecule has 4 rings (SSSR count). The molecule has 2 heterocycles. The first-order valence-electron chi connectivity index (χ1n) is 8.28. The number of carbonyl (C=O) groups is 1. The maximum atomic E-state index is 12.9. The van der Waals surface area contributed by atoms with Gasteiger partial charge < -0.3 is 9.42 Å². The summed E-state index contributed by atoms with van der Waals surface area (Å²) in [5, 5.41) is 4.89.